The minimum Gasteiger partial charge on any atom is -0.303 e. The Morgan fingerprint density at radius 1 is 1.36 bits per heavy atom. The molecule has 118 valence electrons. The summed E-state index contributed by atoms with van der Waals surface area (Å²) in [5.74, 6) is 2.82. The number of H-pyrrole nitrogens is 1. The lowest BCUT2D eigenvalue weighted by atomic mass is 9.97. The zero-order valence-corrected chi connectivity index (χ0v) is 13.4. The van der Waals surface area contributed by atoms with Crippen LogP contribution in [0.3, 0.4) is 0 Å². The molecular weight excluding hydrogens is 276 g/mol. The topological polar surface area (TPSA) is 70.6 Å². The Bertz CT molecular complexity index is 579. The number of nitrogens with one attached hydrogen (secondary N) is 1. The molecule has 22 heavy (non-hydrogen) atoms. The van der Waals surface area contributed by atoms with Gasteiger partial charge in [0.15, 0.2) is 0 Å². The Labute approximate surface area is 131 Å². The van der Waals surface area contributed by atoms with Gasteiger partial charge in [-0.05, 0) is 38.3 Å². The molecule has 1 aliphatic rings. The highest BCUT2D eigenvalue weighted by Crippen LogP contribution is 2.25. The first kappa shape index (κ1) is 15.1. The summed E-state index contributed by atoms with van der Waals surface area (Å²) in [5, 5.41) is 7.41. The number of aromatic amines is 1. The van der Waals surface area contributed by atoms with Crippen molar-refractivity contribution >= 4 is 0 Å². The molecule has 1 fully saturated rings. The normalized spacial score (nSPS) is 19.7. The molecule has 1 saturated heterocycles. The molecule has 0 spiro atoms. The quantitative estimate of drug-likeness (QED) is 0.918. The monoisotopic (exact) mass is 300 g/mol. The summed E-state index contributed by atoms with van der Waals surface area (Å²) in [6.07, 6.45) is 8.68. The summed E-state index contributed by atoms with van der Waals surface area (Å²) in [6.45, 7) is 8.02. The second-order valence-electron chi connectivity index (χ2n) is 6.46. The van der Waals surface area contributed by atoms with Crippen molar-refractivity contribution in [3.8, 4) is 11.5 Å². The van der Waals surface area contributed by atoms with E-state index < -0.39 is 0 Å². The molecule has 1 atom stereocenters. The van der Waals surface area contributed by atoms with Gasteiger partial charge in [-0.1, -0.05) is 13.8 Å². The largest absolute Gasteiger partial charge is 0.303 e. The maximum Gasteiger partial charge on any atom is 0.201 e. The highest BCUT2D eigenvalue weighted by molar-refractivity contribution is 5.46. The molecule has 0 aromatic carbocycles. The molecule has 0 aliphatic carbocycles. The number of nitrogens with zero attached hydrogens (tertiary/aromatic N) is 5. The lowest BCUT2D eigenvalue weighted by Gasteiger charge is -2.32. The average molecular weight is 300 g/mol. The van der Waals surface area contributed by atoms with E-state index in [4.69, 9.17) is 0 Å². The van der Waals surface area contributed by atoms with Crippen molar-refractivity contribution in [2.45, 2.75) is 39.0 Å². The lowest BCUT2D eigenvalue weighted by molar-refractivity contribution is 0.195. The smallest absolute Gasteiger partial charge is 0.201 e. The molecule has 3 rings (SSSR count). The number of hydrogen-bond acceptors (Lipinski definition) is 5. The van der Waals surface area contributed by atoms with Gasteiger partial charge in [0, 0.05) is 24.9 Å². The lowest BCUT2D eigenvalue weighted by Crippen LogP contribution is -2.35. The maximum absolute atomic E-state index is 4.64. The molecule has 0 radical (unpaired) electrons. The highest BCUT2D eigenvalue weighted by Gasteiger charge is 2.24. The van der Waals surface area contributed by atoms with E-state index in [-0.39, 0.29) is 0 Å². The van der Waals surface area contributed by atoms with E-state index in [2.05, 4.69) is 43.9 Å². The molecule has 3 heterocycles. The van der Waals surface area contributed by atoms with Gasteiger partial charge in [0.25, 0.3) is 0 Å². The van der Waals surface area contributed by atoms with Crippen LogP contribution in [-0.4, -0.2) is 49.7 Å². The van der Waals surface area contributed by atoms with Crippen LogP contribution in [0.2, 0.25) is 0 Å². The first-order chi connectivity index (χ1) is 10.7. The summed E-state index contributed by atoms with van der Waals surface area (Å²) < 4.78 is 0. The van der Waals surface area contributed by atoms with Crippen LogP contribution < -0.4 is 0 Å². The third kappa shape index (κ3) is 3.68. The first-order valence-electron chi connectivity index (χ1n) is 8.13. The van der Waals surface area contributed by atoms with Gasteiger partial charge < -0.3 is 4.90 Å². The maximum atomic E-state index is 4.64. The number of likely N-dealkylation sites (tertiary alicyclic amines) is 1. The van der Waals surface area contributed by atoms with Gasteiger partial charge in [0.05, 0.1) is 6.20 Å². The van der Waals surface area contributed by atoms with E-state index in [1.54, 1.807) is 18.6 Å². The van der Waals surface area contributed by atoms with E-state index in [1.165, 1.54) is 32.4 Å². The molecule has 0 bridgehead atoms. The predicted molar refractivity (Wildman–Crippen MR) is 85.3 cm³/mol. The molecule has 0 unspecified atom stereocenters. The Morgan fingerprint density at radius 3 is 3.05 bits per heavy atom. The van der Waals surface area contributed by atoms with Crippen LogP contribution in [0.25, 0.3) is 11.5 Å². The predicted octanol–water partition coefficient (Wildman–Crippen LogP) is 2.49. The molecule has 6 nitrogen and oxygen atoms in total. The number of aromatic nitrogens is 5. The highest BCUT2D eigenvalue weighted by atomic mass is 15.2. The van der Waals surface area contributed by atoms with Crippen molar-refractivity contribution in [3.05, 3.63) is 24.4 Å². The van der Waals surface area contributed by atoms with E-state index in [1.807, 2.05) is 0 Å². The minimum atomic E-state index is 0.443. The Hall–Kier alpha value is -1.82. The zero-order chi connectivity index (χ0) is 15.4. The van der Waals surface area contributed by atoms with Gasteiger partial charge in [-0.15, -0.1) is 0 Å². The van der Waals surface area contributed by atoms with Crippen LogP contribution in [0.15, 0.2) is 18.6 Å². The summed E-state index contributed by atoms with van der Waals surface area (Å²) in [6, 6.07) is 0. The van der Waals surface area contributed by atoms with Gasteiger partial charge in [-0.25, -0.2) is 9.97 Å². The van der Waals surface area contributed by atoms with E-state index >= 15 is 0 Å². The standard InChI is InChI=1S/C16H24N6/c1-12(2)5-9-22-8-3-4-13(11-22)15-19-16(21-20-15)14-10-17-6-7-18-14/h6-7,10,12-13H,3-5,8-9,11H2,1-2H3,(H,19,20,21)/t13-/m1/s1. The summed E-state index contributed by atoms with van der Waals surface area (Å²) in [7, 11) is 0. The van der Waals surface area contributed by atoms with Crippen LogP contribution in [0, 0.1) is 5.92 Å². The summed E-state index contributed by atoms with van der Waals surface area (Å²) in [5.41, 5.74) is 0.720. The second kappa shape index (κ2) is 6.96. The van der Waals surface area contributed by atoms with Crippen LogP contribution in [0.1, 0.15) is 44.9 Å². The fourth-order valence-electron chi connectivity index (χ4n) is 2.91. The second-order valence-corrected chi connectivity index (χ2v) is 6.46. The van der Waals surface area contributed by atoms with Gasteiger partial charge >= 0.3 is 0 Å². The third-order valence-electron chi connectivity index (χ3n) is 4.21. The number of piperidine rings is 1. The van der Waals surface area contributed by atoms with Crippen molar-refractivity contribution in [2.75, 3.05) is 19.6 Å². The van der Waals surface area contributed by atoms with Crippen molar-refractivity contribution in [3.63, 3.8) is 0 Å². The molecule has 1 aliphatic heterocycles. The van der Waals surface area contributed by atoms with Crippen LogP contribution in [0.5, 0.6) is 0 Å². The van der Waals surface area contributed by atoms with Crippen molar-refractivity contribution in [2.24, 2.45) is 5.92 Å². The molecule has 1 N–H and O–H groups in total. The van der Waals surface area contributed by atoms with Crippen LogP contribution in [-0.2, 0) is 0 Å². The van der Waals surface area contributed by atoms with Gasteiger partial charge in [-0.3, -0.25) is 10.1 Å². The number of hydrogen-bond donors (Lipinski definition) is 1. The molecule has 6 heteroatoms. The SMILES string of the molecule is CC(C)CCN1CCC[C@@H](c2nc(-c3cnccn3)n[nH]2)C1. The minimum absolute atomic E-state index is 0.443. The molecule has 0 amide bonds. The Kier molecular flexibility index (Phi) is 4.77. The van der Waals surface area contributed by atoms with Gasteiger partial charge in [0.2, 0.25) is 5.82 Å². The Morgan fingerprint density at radius 2 is 2.27 bits per heavy atom. The Balaban J connectivity index is 1.65. The van der Waals surface area contributed by atoms with Crippen molar-refractivity contribution < 1.29 is 0 Å². The average Bonchev–Trinajstić information content (AvgIpc) is 3.04. The fraction of sp³-hybridized carbons (Fsp3) is 0.625. The zero-order valence-electron chi connectivity index (χ0n) is 13.4. The van der Waals surface area contributed by atoms with Gasteiger partial charge in [0.1, 0.15) is 11.5 Å². The molecule has 2 aromatic heterocycles. The fourth-order valence-corrected chi connectivity index (χ4v) is 2.91. The third-order valence-corrected chi connectivity index (χ3v) is 4.21. The van der Waals surface area contributed by atoms with E-state index in [0.29, 0.717) is 11.7 Å². The van der Waals surface area contributed by atoms with Crippen LogP contribution >= 0.6 is 0 Å². The van der Waals surface area contributed by atoms with Crippen molar-refractivity contribution in [1.29, 1.82) is 0 Å². The summed E-state index contributed by atoms with van der Waals surface area (Å²) in [4.78, 5) is 15.5. The van der Waals surface area contributed by atoms with Crippen molar-refractivity contribution in [1.82, 2.24) is 30.0 Å². The molecule has 0 saturated carbocycles. The summed E-state index contributed by atoms with van der Waals surface area (Å²) >= 11 is 0. The molecular formula is C16H24N6. The van der Waals surface area contributed by atoms with Crippen LogP contribution in [0.4, 0.5) is 0 Å². The number of rotatable bonds is 5. The first-order valence-corrected chi connectivity index (χ1v) is 8.13. The van der Waals surface area contributed by atoms with Gasteiger partial charge in [-0.2, -0.15) is 5.10 Å². The van der Waals surface area contributed by atoms with E-state index in [9.17, 15) is 0 Å². The van der Waals surface area contributed by atoms with E-state index in [0.717, 1.165) is 24.0 Å². The molecule has 2 aromatic rings.